The average Bonchev–Trinajstić information content (AvgIpc) is 2.78. The van der Waals surface area contributed by atoms with Crippen molar-refractivity contribution in [3.05, 3.63) is 28.1 Å². The second-order valence-corrected chi connectivity index (χ2v) is 3.64. The lowest BCUT2D eigenvalue weighted by Gasteiger charge is -2.07. The Balaban J connectivity index is 2.44. The molecule has 0 aliphatic heterocycles. The molecule has 1 rings (SSSR count). The topological polar surface area (TPSA) is 108 Å². The largest absolute Gasteiger partial charge is 0.393 e. The van der Waals surface area contributed by atoms with E-state index in [4.69, 9.17) is 0 Å². The number of nitrogens with zero attached hydrogens (tertiary/aromatic N) is 1. The molecule has 1 unspecified atom stereocenters. The molecule has 7 nitrogen and oxygen atoms in total. The number of hydrogen-bond donors (Lipinski definition) is 3. The summed E-state index contributed by atoms with van der Waals surface area (Å²) in [5.41, 5.74) is -0.00793. The summed E-state index contributed by atoms with van der Waals surface area (Å²) >= 11 is 0. The van der Waals surface area contributed by atoms with Gasteiger partial charge >= 0.3 is 0 Å². The lowest BCUT2D eigenvalue weighted by molar-refractivity contribution is -0.384. The first-order valence-electron chi connectivity index (χ1n) is 5.33. The lowest BCUT2D eigenvalue weighted by Crippen LogP contribution is -2.27. The van der Waals surface area contributed by atoms with E-state index in [0.717, 1.165) is 6.20 Å². The summed E-state index contributed by atoms with van der Waals surface area (Å²) < 4.78 is 0. The summed E-state index contributed by atoms with van der Waals surface area (Å²) in [5, 5.41) is 22.2. The zero-order valence-electron chi connectivity index (χ0n) is 9.47. The summed E-state index contributed by atoms with van der Waals surface area (Å²) in [6.45, 7) is 2.18. The zero-order chi connectivity index (χ0) is 12.8. The third-order valence-corrected chi connectivity index (χ3v) is 2.36. The van der Waals surface area contributed by atoms with E-state index in [1.54, 1.807) is 0 Å². The first-order valence-corrected chi connectivity index (χ1v) is 5.33. The van der Waals surface area contributed by atoms with Gasteiger partial charge in [-0.15, -0.1) is 0 Å². The van der Waals surface area contributed by atoms with Crippen molar-refractivity contribution in [2.45, 2.75) is 25.9 Å². The van der Waals surface area contributed by atoms with Crippen LogP contribution in [0.3, 0.4) is 0 Å². The number of carbonyl (C=O) groups is 1. The van der Waals surface area contributed by atoms with Crippen LogP contribution >= 0.6 is 0 Å². The highest BCUT2D eigenvalue weighted by molar-refractivity contribution is 5.93. The molecule has 94 valence electrons. The highest BCUT2D eigenvalue weighted by Gasteiger charge is 2.14. The van der Waals surface area contributed by atoms with Crippen LogP contribution in [-0.2, 0) is 0 Å². The van der Waals surface area contributed by atoms with E-state index in [-0.39, 0.29) is 11.4 Å². The van der Waals surface area contributed by atoms with Gasteiger partial charge in [0.1, 0.15) is 5.69 Å². The van der Waals surface area contributed by atoms with Crippen LogP contribution in [0.1, 0.15) is 30.3 Å². The van der Waals surface area contributed by atoms with Crippen LogP contribution in [0.15, 0.2) is 12.3 Å². The molecule has 0 aliphatic carbocycles. The monoisotopic (exact) mass is 241 g/mol. The Morgan fingerprint density at radius 2 is 2.41 bits per heavy atom. The Bertz CT molecular complexity index is 402. The summed E-state index contributed by atoms with van der Waals surface area (Å²) in [6, 6.07) is 1.17. The molecule has 7 heteroatoms. The van der Waals surface area contributed by atoms with Crippen molar-refractivity contribution < 1.29 is 14.8 Å². The molecule has 0 bridgehead atoms. The van der Waals surface area contributed by atoms with E-state index >= 15 is 0 Å². The van der Waals surface area contributed by atoms with Crippen LogP contribution in [0.2, 0.25) is 0 Å². The van der Waals surface area contributed by atoms with Crippen molar-refractivity contribution in [3.8, 4) is 0 Å². The van der Waals surface area contributed by atoms with Crippen molar-refractivity contribution >= 4 is 11.6 Å². The molecular formula is C10H15N3O4. The Hall–Kier alpha value is -1.89. The Kier molecular flexibility index (Phi) is 4.65. The van der Waals surface area contributed by atoms with Crippen molar-refractivity contribution in [3.63, 3.8) is 0 Å². The van der Waals surface area contributed by atoms with Gasteiger partial charge in [0.15, 0.2) is 0 Å². The number of rotatable bonds is 6. The zero-order valence-corrected chi connectivity index (χ0v) is 9.47. The number of H-pyrrole nitrogens is 1. The molecule has 1 amide bonds. The first-order chi connectivity index (χ1) is 8.04. The Morgan fingerprint density at radius 1 is 1.71 bits per heavy atom. The third-order valence-electron chi connectivity index (χ3n) is 2.36. The number of aliphatic hydroxyl groups excluding tert-OH is 1. The van der Waals surface area contributed by atoms with Crippen molar-refractivity contribution in [2.75, 3.05) is 6.54 Å². The molecule has 3 N–H and O–H groups in total. The normalized spacial score (nSPS) is 12.1. The maximum absolute atomic E-state index is 11.5. The number of nitro groups is 1. The van der Waals surface area contributed by atoms with Crippen molar-refractivity contribution in [1.82, 2.24) is 10.3 Å². The second kappa shape index (κ2) is 6.00. The molecule has 0 saturated carbocycles. The maximum atomic E-state index is 11.5. The van der Waals surface area contributed by atoms with Crippen LogP contribution in [0.25, 0.3) is 0 Å². The highest BCUT2D eigenvalue weighted by atomic mass is 16.6. The standard InChI is InChI=1S/C10H15N3O4/c1-2-8(14)3-4-11-10(15)9-5-7(6-12-9)13(16)17/h5-6,8,12,14H,2-4H2,1H3,(H,11,15). The van der Waals surface area contributed by atoms with Gasteiger partial charge in [-0.1, -0.05) is 6.92 Å². The van der Waals surface area contributed by atoms with Crippen LogP contribution in [0, 0.1) is 10.1 Å². The van der Waals surface area contributed by atoms with Gasteiger partial charge in [0.2, 0.25) is 0 Å². The number of aromatic nitrogens is 1. The molecule has 0 aliphatic rings. The molecule has 0 fully saturated rings. The summed E-state index contributed by atoms with van der Waals surface area (Å²) in [4.78, 5) is 23.9. The van der Waals surface area contributed by atoms with Gasteiger partial charge in [-0.25, -0.2) is 0 Å². The fourth-order valence-corrected chi connectivity index (χ4v) is 1.27. The van der Waals surface area contributed by atoms with Gasteiger partial charge in [0, 0.05) is 12.6 Å². The number of aromatic amines is 1. The van der Waals surface area contributed by atoms with Crippen LogP contribution in [-0.4, -0.2) is 33.6 Å². The molecular weight excluding hydrogens is 226 g/mol. The van der Waals surface area contributed by atoms with Crippen molar-refractivity contribution in [1.29, 1.82) is 0 Å². The third kappa shape index (κ3) is 3.87. The minimum Gasteiger partial charge on any atom is -0.393 e. The number of nitrogens with one attached hydrogen (secondary N) is 2. The molecule has 0 aromatic carbocycles. The fourth-order valence-electron chi connectivity index (χ4n) is 1.27. The maximum Gasteiger partial charge on any atom is 0.287 e. The van der Waals surface area contributed by atoms with Gasteiger partial charge in [-0.3, -0.25) is 14.9 Å². The van der Waals surface area contributed by atoms with Crippen LogP contribution < -0.4 is 5.32 Å². The number of amides is 1. The van der Waals surface area contributed by atoms with E-state index in [9.17, 15) is 20.0 Å². The molecule has 0 saturated heterocycles. The number of hydrogen-bond acceptors (Lipinski definition) is 4. The fraction of sp³-hybridized carbons (Fsp3) is 0.500. The van der Waals surface area contributed by atoms with Gasteiger partial charge in [-0.2, -0.15) is 0 Å². The molecule has 1 atom stereocenters. The smallest absolute Gasteiger partial charge is 0.287 e. The number of carbonyl (C=O) groups excluding carboxylic acids is 1. The highest BCUT2D eigenvalue weighted by Crippen LogP contribution is 2.11. The van der Waals surface area contributed by atoms with E-state index < -0.39 is 16.9 Å². The van der Waals surface area contributed by atoms with E-state index in [0.29, 0.717) is 19.4 Å². The summed E-state index contributed by atoms with van der Waals surface area (Å²) in [6.07, 6.45) is 1.82. The molecule has 0 radical (unpaired) electrons. The SMILES string of the molecule is CCC(O)CCNC(=O)c1cc([N+](=O)[O-])c[nH]1. The molecule has 17 heavy (non-hydrogen) atoms. The van der Waals surface area contributed by atoms with Crippen LogP contribution in [0.4, 0.5) is 5.69 Å². The van der Waals surface area contributed by atoms with Gasteiger partial charge in [0.05, 0.1) is 17.2 Å². The summed E-state index contributed by atoms with van der Waals surface area (Å²) in [7, 11) is 0. The Morgan fingerprint density at radius 3 is 2.94 bits per heavy atom. The van der Waals surface area contributed by atoms with Crippen molar-refractivity contribution in [2.24, 2.45) is 0 Å². The van der Waals surface area contributed by atoms with E-state index in [1.165, 1.54) is 6.07 Å². The minimum atomic E-state index is -0.575. The average molecular weight is 241 g/mol. The lowest BCUT2D eigenvalue weighted by atomic mass is 10.2. The molecule has 0 spiro atoms. The molecule has 1 heterocycles. The predicted molar refractivity (Wildman–Crippen MR) is 60.7 cm³/mol. The van der Waals surface area contributed by atoms with E-state index in [2.05, 4.69) is 10.3 Å². The first kappa shape index (κ1) is 13.2. The quantitative estimate of drug-likeness (QED) is 0.506. The second-order valence-electron chi connectivity index (χ2n) is 3.64. The van der Waals surface area contributed by atoms with E-state index in [1.807, 2.05) is 6.92 Å². The predicted octanol–water partition coefficient (Wildman–Crippen LogP) is 0.814. The minimum absolute atomic E-state index is 0.141. The van der Waals surface area contributed by atoms with Gasteiger partial charge in [0.25, 0.3) is 11.6 Å². The van der Waals surface area contributed by atoms with Crippen LogP contribution in [0.5, 0.6) is 0 Å². The van der Waals surface area contributed by atoms with Gasteiger partial charge < -0.3 is 15.4 Å². The Labute approximate surface area is 98.0 Å². The number of aliphatic hydroxyl groups is 1. The van der Waals surface area contributed by atoms with Gasteiger partial charge in [-0.05, 0) is 12.8 Å². The summed E-state index contributed by atoms with van der Waals surface area (Å²) in [5.74, 6) is -0.415. The molecule has 1 aromatic heterocycles. The molecule has 1 aromatic rings.